The highest BCUT2D eigenvalue weighted by Crippen LogP contribution is 2.23. The molecule has 0 saturated carbocycles. The number of hydrogen-bond acceptors (Lipinski definition) is 3. The fourth-order valence-electron chi connectivity index (χ4n) is 2.81. The Balaban J connectivity index is 1.96. The smallest absolute Gasteiger partial charge is 0.270 e. The van der Waals surface area contributed by atoms with E-state index < -0.39 is 4.92 Å². The van der Waals surface area contributed by atoms with E-state index in [1.807, 2.05) is 54.6 Å². The predicted octanol–water partition coefficient (Wildman–Crippen LogP) is 5.34. The minimum absolute atomic E-state index is 0.0169. The molecule has 0 atom stereocenters. The molecular weight excluding hydrogens is 352 g/mol. The molecule has 0 heterocycles. The van der Waals surface area contributed by atoms with E-state index in [0.29, 0.717) is 16.8 Å². The Morgan fingerprint density at radius 1 is 1.00 bits per heavy atom. The SMILES string of the molecule is CCc1ccc(NC(=O)/C(=C/c2cccc([N+](=O)[O-])c2)c2ccccc2)cc1. The summed E-state index contributed by atoms with van der Waals surface area (Å²) in [6, 6.07) is 23.1. The summed E-state index contributed by atoms with van der Waals surface area (Å²) in [5.74, 6) is -0.276. The molecule has 1 N–H and O–H groups in total. The third-order valence-electron chi connectivity index (χ3n) is 4.34. The molecule has 0 aliphatic heterocycles. The summed E-state index contributed by atoms with van der Waals surface area (Å²) in [6.07, 6.45) is 2.59. The molecule has 0 aliphatic rings. The molecule has 0 unspecified atom stereocenters. The number of nitro benzene ring substituents is 1. The summed E-state index contributed by atoms with van der Waals surface area (Å²) >= 11 is 0. The number of hydrogen-bond donors (Lipinski definition) is 1. The number of benzene rings is 3. The minimum Gasteiger partial charge on any atom is -0.322 e. The van der Waals surface area contributed by atoms with Crippen LogP contribution in [0.4, 0.5) is 11.4 Å². The zero-order valence-corrected chi connectivity index (χ0v) is 15.5. The molecule has 0 aliphatic carbocycles. The zero-order chi connectivity index (χ0) is 19.9. The van der Waals surface area contributed by atoms with Crippen LogP contribution in [0.25, 0.3) is 11.6 Å². The van der Waals surface area contributed by atoms with Gasteiger partial charge in [-0.15, -0.1) is 0 Å². The van der Waals surface area contributed by atoms with E-state index >= 15 is 0 Å². The van der Waals surface area contributed by atoms with Gasteiger partial charge in [-0.3, -0.25) is 14.9 Å². The van der Waals surface area contributed by atoms with Gasteiger partial charge in [-0.2, -0.15) is 0 Å². The van der Waals surface area contributed by atoms with E-state index in [1.165, 1.54) is 17.7 Å². The average molecular weight is 372 g/mol. The summed E-state index contributed by atoms with van der Waals surface area (Å²) in [6.45, 7) is 2.07. The second-order valence-corrected chi connectivity index (χ2v) is 6.28. The third kappa shape index (κ3) is 4.71. The lowest BCUT2D eigenvalue weighted by Gasteiger charge is -2.10. The maximum absolute atomic E-state index is 13.0. The Labute approximate surface area is 163 Å². The van der Waals surface area contributed by atoms with E-state index in [1.54, 1.807) is 18.2 Å². The van der Waals surface area contributed by atoms with Gasteiger partial charge >= 0.3 is 0 Å². The van der Waals surface area contributed by atoms with Crippen molar-refractivity contribution in [3.63, 3.8) is 0 Å². The average Bonchev–Trinajstić information content (AvgIpc) is 2.73. The van der Waals surface area contributed by atoms with Crippen LogP contribution in [0, 0.1) is 10.1 Å². The van der Waals surface area contributed by atoms with Crippen LogP contribution in [0.1, 0.15) is 23.6 Å². The Hall–Kier alpha value is -3.73. The monoisotopic (exact) mass is 372 g/mol. The number of anilines is 1. The molecule has 28 heavy (non-hydrogen) atoms. The van der Waals surface area contributed by atoms with Gasteiger partial charge in [-0.05, 0) is 41.3 Å². The van der Waals surface area contributed by atoms with E-state index in [2.05, 4.69) is 12.2 Å². The first-order valence-corrected chi connectivity index (χ1v) is 8.98. The lowest BCUT2D eigenvalue weighted by atomic mass is 10.0. The van der Waals surface area contributed by atoms with Crippen molar-refractivity contribution < 1.29 is 9.72 Å². The Morgan fingerprint density at radius 2 is 1.71 bits per heavy atom. The first kappa shape index (κ1) is 19.0. The van der Waals surface area contributed by atoms with Crippen LogP contribution in [-0.4, -0.2) is 10.8 Å². The molecule has 140 valence electrons. The third-order valence-corrected chi connectivity index (χ3v) is 4.34. The fourth-order valence-corrected chi connectivity index (χ4v) is 2.81. The lowest BCUT2D eigenvalue weighted by molar-refractivity contribution is -0.384. The van der Waals surface area contributed by atoms with Crippen LogP contribution < -0.4 is 5.32 Å². The number of aryl methyl sites for hydroxylation is 1. The lowest BCUT2D eigenvalue weighted by Crippen LogP contribution is -2.13. The molecule has 5 nitrogen and oxygen atoms in total. The summed E-state index contributed by atoms with van der Waals surface area (Å²) in [4.78, 5) is 23.6. The highest BCUT2D eigenvalue weighted by Gasteiger charge is 2.13. The summed E-state index contributed by atoms with van der Waals surface area (Å²) in [5, 5.41) is 14.0. The van der Waals surface area contributed by atoms with Crippen molar-refractivity contribution in [1.82, 2.24) is 0 Å². The van der Waals surface area contributed by atoms with Crippen molar-refractivity contribution >= 4 is 28.9 Å². The van der Waals surface area contributed by atoms with Crippen LogP contribution >= 0.6 is 0 Å². The van der Waals surface area contributed by atoms with Gasteiger partial charge in [-0.1, -0.05) is 61.5 Å². The van der Waals surface area contributed by atoms with E-state index in [-0.39, 0.29) is 11.6 Å². The van der Waals surface area contributed by atoms with Crippen LogP contribution in [0.15, 0.2) is 78.9 Å². The van der Waals surface area contributed by atoms with Crippen molar-refractivity contribution in [3.8, 4) is 0 Å². The first-order valence-electron chi connectivity index (χ1n) is 8.98. The van der Waals surface area contributed by atoms with Gasteiger partial charge in [0.05, 0.1) is 4.92 Å². The van der Waals surface area contributed by atoms with E-state index in [9.17, 15) is 14.9 Å². The zero-order valence-electron chi connectivity index (χ0n) is 15.5. The summed E-state index contributed by atoms with van der Waals surface area (Å²) in [5.41, 5.74) is 3.62. The quantitative estimate of drug-likeness (QED) is 0.275. The Morgan fingerprint density at radius 3 is 2.36 bits per heavy atom. The maximum Gasteiger partial charge on any atom is 0.270 e. The van der Waals surface area contributed by atoms with Crippen molar-refractivity contribution in [2.45, 2.75) is 13.3 Å². The summed E-state index contributed by atoms with van der Waals surface area (Å²) < 4.78 is 0. The first-order chi connectivity index (χ1) is 13.6. The second kappa shape index (κ2) is 8.77. The molecule has 0 radical (unpaired) electrons. The maximum atomic E-state index is 13.0. The van der Waals surface area contributed by atoms with Crippen molar-refractivity contribution in [1.29, 1.82) is 0 Å². The van der Waals surface area contributed by atoms with E-state index in [4.69, 9.17) is 0 Å². The summed E-state index contributed by atoms with van der Waals surface area (Å²) in [7, 11) is 0. The highest BCUT2D eigenvalue weighted by molar-refractivity contribution is 6.29. The number of amides is 1. The van der Waals surface area contributed by atoms with E-state index in [0.717, 1.165) is 12.0 Å². The number of carbonyl (C=O) groups excluding carboxylic acids is 1. The molecule has 0 aromatic heterocycles. The molecule has 0 saturated heterocycles. The largest absolute Gasteiger partial charge is 0.322 e. The molecule has 3 aromatic rings. The van der Waals surface area contributed by atoms with Crippen molar-refractivity contribution in [2.24, 2.45) is 0 Å². The molecule has 1 amide bonds. The minimum atomic E-state index is -0.450. The van der Waals surface area contributed by atoms with Gasteiger partial charge in [0.2, 0.25) is 0 Å². The van der Waals surface area contributed by atoms with Gasteiger partial charge in [-0.25, -0.2) is 0 Å². The molecule has 3 aromatic carbocycles. The number of nitrogens with one attached hydrogen (secondary N) is 1. The standard InChI is InChI=1S/C23H20N2O3/c1-2-17-11-13-20(14-12-17)24-23(26)22(19-8-4-3-5-9-19)16-18-7-6-10-21(15-18)25(27)28/h3-16H,2H2,1H3,(H,24,26)/b22-16+. The number of nitro groups is 1. The predicted molar refractivity (Wildman–Crippen MR) is 112 cm³/mol. The molecule has 0 fully saturated rings. The van der Waals surface area contributed by atoms with Crippen molar-refractivity contribution in [3.05, 3.63) is 106 Å². The van der Waals surface area contributed by atoms with Crippen LogP contribution in [0.3, 0.4) is 0 Å². The molecule has 3 rings (SSSR count). The number of non-ortho nitro benzene ring substituents is 1. The van der Waals surface area contributed by atoms with Gasteiger partial charge in [0.1, 0.15) is 0 Å². The molecule has 0 spiro atoms. The Kier molecular flexibility index (Phi) is 5.97. The highest BCUT2D eigenvalue weighted by atomic mass is 16.6. The van der Waals surface area contributed by atoms with Crippen LogP contribution in [0.2, 0.25) is 0 Å². The van der Waals surface area contributed by atoms with Gasteiger partial charge in [0.25, 0.3) is 11.6 Å². The van der Waals surface area contributed by atoms with Crippen molar-refractivity contribution in [2.75, 3.05) is 5.32 Å². The van der Waals surface area contributed by atoms with Gasteiger partial charge in [0.15, 0.2) is 0 Å². The normalized spacial score (nSPS) is 11.1. The topological polar surface area (TPSA) is 72.2 Å². The van der Waals surface area contributed by atoms with Gasteiger partial charge in [0, 0.05) is 23.4 Å². The molecule has 0 bridgehead atoms. The number of nitrogens with zero attached hydrogens (tertiary/aromatic N) is 1. The molecule has 5 heteroatoms. The van der Waals surface area contributed by atoms with Crippen LogP contribution in [0.5, 0.6) is 0 Å². The Bertz CT molecular complexity index is 1010. The molecular formula is C23H20N2O3. The van der Waals surface area contributed by atoms with Crippen LogP contribution in [-0.2, 0) is 11.2 Å². The number of carbonyl (C=O) groups is 1. The van der Waals surface area contributed by atoms with Gasteiger partial charge < -0.3 is 5.32 Å². The number of rotatable bonds is 6. The second-order valence-electron chi connectivity index (χ2n) is 6.28. The fraction of sp³-hybridized carbons (Fsp3) is 0.0870.